The molecule has 0 aliphatic heterocycles. The second-order valence-corrected chi connectivity index (χ2v) is 6.92. The van der Waals surface area contributed by atoms with Gasteiger partial charge in [-0.25, -0.2) is 0 Å². The molecule has 0 fully saturated rings. The molecule has 1 aromatic rings. The summed E-state index contributed by atoms with van der Waals surface area (Å²) in [6, 6.07) is 7.28. The number of amides is 1. The molecule has 1 rings (SSSR count). The van der Waals surface area contributed by atoms with Crippen molar-refractivity contribution in [3.63, 3.8) is 0 Å². The topological polar surface area (TPSA) is 46.2 Å². The third-order valence-electron chi connectivity index (χ3n) is 4.79. The summed E-state index contributed by atoms with van der Waals surface area (Å²) in [7, 11) is 0. The predicted octanol–water partition coefficient (Wildman–Crippen LogP) is 5.85. The molecule has 0 aliphatic rings. The second kappa shape index (κ2) is 11.0. The van der Waals surface area contributed by atoms with E-state index in [4.69, 9.17) is 0 Å². The molecule has 1 aromatic carbocycles. The Morgan fingerprint density at radius 1 is 1.04 bits per heavy atom. The highest BCUT2D eigenvalue weighted by molar-refractivity contribution is 5.99. The molecule has 0 heterocycles. The van der Waals surface area contributed by atoms with Gasteiger partial charge in [-0.1, -0.05) is 65.5 Å². The molecular weight excluding hydrogens is 298 g/mol. The summed E-state index contributed by atoms with van der Waals surface area (Å²) < 4.78 is 0. The third-order valence-corrected chi connectivity index (χ3v) is 4.79. The van der Waals surface area contributed by atoms with Crippen molar-refractivity contribution in [1.29, 1.82) is 0 Å². The molecule has 3 heteroatoms. The Balaban J connectivity index is 2.40. The zero-order chi connectivity index (χ0) is 17.9. The van der Waals surface area contributed by atoms with Crippen LogP contribution in [0.15, 0.2) is 24.3 Å². The number of hydrogen-bond acceptors (Lipinski definition) is 2. The summed E-state index contributed by atoms with van der Waals surface area (Å²) in [5.41, 5.74) is 1.39. The van der Waals surface area contributed by atoms with Crippen LogP contribution in [-0.4, -0.2) is 11.7 Å². The average Bonchev–Trinajstić information content (AvgIpc) is 2.59. The zero-order valence-electron chi connectivity index (χ0n) is 15.7. The van der Waals surface area contributed by atoms with Gasteiger partial charge in [0.25, 0.3) is 0 Å². The number of carbonyl (C=O) groups excluding carboxylic acids is 2. The predicted molar refractivity (Wildman–Crippen MR) is 101 cm³/mol. The van der Waals surface area contributed by atoms with Gasteiger partial charge in [0.2, 0.25) is 5.91 Å². The minimum absolute atomic E-state index is 0.0152. The number of nitrogens with one attached hydrogen (secondary N) is 1. The summed E-state index contributed by atoms with van der Waals surface area (Å²) in [4.78, 5) is 24.3. The van der Waals surface area contributed by atoms with E-state index in [9.17, 15) is 9.59 Å². The van der Waals surface area contributed by atoms with E-state index in [-0.39, 0.29) is 17.6 Å². The highest BCUT2D eigenvalue weighted by Gasteiger charge is 2.13. The van der Waals surface area contributed by atoms with Crippen molar-refractivity contribution in [3.8, 4) is 0 Å². The van der Waals surface area contributed by atoms with Gasteiger partial charge < -0.3 is 5.32 Å². The van der Waals surface area contributed by atoms with Crippen LogP contribution in [0.4, 0.5) is 5.69 Å². The van der Waals surface area contributed by atoms with Crippen LogP contribution in [0.25, 0.3) is 0 Å². The largest absolute Gasteiger partial charge is 0.326 e. The molecule has 0 saturated carbocycles. The van der Waals surface area contributed by atoms with Crippen LogP contribution in [0.2, 0.25) is 0 Å². The summed E-state index contributed by atoms with van der Waals surface area (Å²) in [5, 5.41) is 2.91. The molecule has 1 N–H and O–H groups in total. The van der Waals surface area contributed by atoms with Gasteiger partial charge in [0.15, 0.2) is 5.78 Å². The van der Waals surface area contributed by atoms with Crippen LogP contribution >= 0.6 is 0 Å². The van der Waals surface area contributed by atoms with Crippen molar-refractivity contribution in [2.75, 3.05) is 5.32 Å². The molecule has 2 atom stereocenters. The van der Waals surface area contributed by atoms with E-state index in [1.807, 2.05) is 32.0 Å². The summed E-state index contributed by atoms with van der Waals surface area (Å²) in [5.74, 6) is 0.969. The fourth-order valence-electron chi connectivity index (χ4n) is 2.60. The van der Waals surface area contributed by atoms with E-state index in [1.165, 1.54) is 19.3 Å². The molecule has 3 nitrogen and oxygen atoms in total. The van der Waals surface area contributed by atoms with Crippen molar-refractivity contribution < 1.29 is 9.59 Å². The minimum atomic E-state index is 0.0152. The van der Waals surface area contributed by atoms with Crippen molar-refractivity contribution >= 4 is 17.4 Å². The lowest BCUT2D eigenvalue weighted by atomic mass is 9.97. The Morgan fingerprint density at radius 2 is 1.79 bits per heavy atom. The van der Waals surface area contributed by atoms with Crippen molar-refractivity contribution in [3.05, 3.63) is 29.8 Å². The number of ketones is 1. The Bertz CT molecular complexity index is 524. The average molecular weight is 332 g/mol. The summed E-state index contributed by atoms with van der Waals surface area (Å²) in [6.45, 7) is 8.45. The number of hydrogen-bond donors (Lipinski definition) is 1. The molecule has 1 amide bonds. The van der Waals surface area contributed by atoms with Gasteiger partial charge in [0.05, 0.1) is 0 Å². The van der Waals surface area contributed by atoms with Gasteiger partial charge in [-0.05, 0) is 30.9 Å². The number of carbonyl (C=O) groups is 2. The molecule has 0 bridgehead atoms. The van der Waals surface area contributed by atoms with Crippen molar-refractivity contribution in [1.82, 2.24) is 0 Å². The molecule has 0 spiro atoms. The lowest BCUT2D eigenvalue weighted by molar-refractivity contribution is -0.116. The summed E-state index contributed by atoms with van der Waals surface area (Å²) in [6.07, 6.45) is 7.07. The first-order valence-corrected chi connectivity index (χ1v) is 9.42. The lowest BCUT2D eigenvalue weighted by Crippen LogP contribution is -2.13. The van der Waals surface area contributed by atoms with Gasteiger partial charge in [-0.15, -0.1) is 0 Å². The first-order chi connectivity index (χ1) is 11.5. The Hall–Kier alpha value is -1.64. The number of unbranched alkanes of at least 4 members (excludes halogenated alkanes) is 2. The molecule has 0 aliphatic carbocycles. The third kappa shape index (κ3) is 7.29. The van der Waals surface area contributed by atoms with Gasteiger partial charge in [-0.2, -0.15) is 0 Å². The zero-order valence-corrected chi connectivity index (χ0v) is 15.7. The Morgan fingerprint density at radius 3 is 2.46 bits per heavy atom. The van der Waals surface area contributed by atoms with Crippen molar-refractivity contribution in [2.45, 2.75) is 72.6 Å². The van der Waals surface area contributed by atoms with Gasteiger partial charge in [-0.3, -0.25) is 9.59 Å². The number of anilines is 1. The van der Waals surface area contributed by atoms with E-state index in [2.05, 4.69) is 19.2 Å². The molecule has 24 heavy (non-hydrogen) atoms. The smallest absolute Gasteiger partial charge is 0.224 e. The fourth-order valence-corrected chi connectivity index (χ4v) is 2.60. The highest BCUT2D eigenvalue weighted by Crippen LogP contribution is 2.17. The minimum Gasteiger partial charge on any atom is -0.326 e. The normalized spacial score (nSPS) is 13.3. The van der Waals surface area contributed by atoms with E-state index in [1.54, 1.807) is 6.07 Å². The Labute approximate surface area is 147 Å². The SMILES string of the molecule is CCC(C)CCCCCC(=O)Nc1cccc(C(=O)C(C)CC)c1. The maximum absolute atomic E-state index is 12.2. The molecule has 0 radical (unpaired) electrons. The van der Waals surface area contributed by atoms with Gasteiger partial charge in [0.1, 0.15) is 0 Å². The van der Waals surface area contributed by atoms with Crippen LogP contribution in [-0.2, 0) is 4.79 Å². The van der Waals surface area contributed by atoms with Crippen LogP contribution in [0.3, 0.4) is 0 Å². The monoisotopic (exact) mass is 331 g/mol. The summed E-state index contributed by atoms with van der Waals surface area (Å²) >= 11 is 0. The quantitative estimate of drug-likeness (QED) is 0.408. The van der Waals surface area contributed by atoms with Crippen LogP contribution in [0.1, 0.15) is 83.0 Å². The lowest BCUT2D eigenvalue weighted by Gasteiger charge is -2.10. The van der Waals surface area contributed by atoms with Crippen LogP contribution in [0.5, 0.6) is 0 Å². The first kappa shape index (κ1) is 20.4. The van der Waals surface area contributed by atoms with E-state index in [0.717, 1.165) is 25.2 Å². The molecular formula is C21H33NO2. The Kier molecular flexibility index (Phi) is 9.36. The number of rotatable bonds is 11. The van der Waals surface area contributed by atoms with Gasteiger partial charge >= 0.3 is 0 Å². The number of Topliss-reactive ketones (excluding diaryl/α,β-unsaturated/α-hetero) is 1. The standard InChI is InChI=1S/C21H33NO2/c1-5-16(3)11-8-7-9-14-20(23)22-19-13-10-12-18(15-19)21(24)17(4)6-2/h10,12-13,15-17H,5-9,11,14H2,1-4H3,(H,22,23). The maximum Gasteiger partial charge on any atom is 0.224 e. The molecule has 2 unspecified atom stereocenters. The molecule has 0 saturated heterocycles. The highest BCUT2D eigenvalue weighted by atomic mass is 16.1. The maximum atomic E-state index is 12.2. The van der Waals surface area contributed by atoms with Crippen molar-refractivity contribution in [2.24, 2.45) is 11.8 Å². The second-order valence-electron chi connectivity index (χ2n) is 6.92. The first-order valence-electron chi connectivity index (χ1n) is 9.42. The van der Waals surface area contributed by atoms with Crippen LogP contribution in [0, 0.1) is 11.8 Å². The molecule has 0 aromatic heterocycles. The fraction of sp³-hybridized carbons (Fsp3) is 0.619. The van der Waals surface area contributed by atoms with E-state index < -0.39 is 0 Å². The van der Waals surface area contributed by atoms with E-state index >= 15 is 0 Å². The number of benzene rings is 1. The van der Waals surface area contributed by atoms with Gasteiger partial charge in [0, 0.05) is 23.6 Å². The van der Waals surface area contributed by atoms with Crippen LogP contribution < -0.4 is 5.32 Å². The van der Waals surface area contributed by atoms with E-state index in [0.29, 0.717) is 17.7 Å². The molecule has 134 valence electrons.